The molecule has 4 rings (SSSR count). The topological polar surface area (TPSA) is 56.1 Å². The van der Waals surface area contributed by atoms with E-state index in [2.05, 4.69) is 0 Å². The van der Waals surface area contributed by atoms with E-state index in [0.29, 0.717) is 23.0 Å². The Morgan fingerprint density at radius 2 is 1.62 bits per heavy atom. The lowest BCUT2D eigenvalue weighted by Gasteiger charge is -2.26. The van der Waals surface area contributed by atoms with Gasteiger partial charge in [-0.1, -0.05) is 18.2 Å². The minimum absolute atomic E-state index is 0.0912. The molecule has 0 unspecified atom stereocenters. The summed E-state index contributed by atoms with van der Waals surface area (Å²) >= 11 is 0. The number of para-hydroxylation sites is 1. The van der Waals surface area contributed by atoms with Crippen LogP contribution in [0.3, 0.4) is 0 Å². The fourth-order valence-corrected chi connectivity index (χ4v) is 4.10. The van der Waals surface area contributed by atoms with Crippen molar-refractivity contribution in [3.05, 3.63) is 71.4 Å². The summed E-state index contributed by atoms with van der Waals surface area (Å²) in [6.07, 6.45) is 1.96. The minimum atomic E-state index is -0.0912. The van der Waals surface area contributed by atoms with Gasteiger partial charge in [0.25, 0.3) is 0 Å². The van der Waals surface area contributed by atoms with Crippen LogP contribution in [0.5, 0.6) is 11.5 Å². The van der Waals surface area contributed by atoms with Crippen LogP contribution in [0.15, 0.2) is 54.7 Å². The van der Waals surface area contributed by atoms with Crippen molar-refractivity contribution in [2.75, 3.05) is 19.1 Å². The molecule has 164 valence electrons. The van der Waals surface area contributed by atoms with E-state index in [-0.39, 0.29) is 5.91 Å². The summed E-state index contributed by atoms with van der Waals surface area (Å²) < 4.78 is 12.9. The van der Waals surface area contributed by atoms with Gasteiger partial charge >= 0.3 is 0 Å². The standard InChI is InChI=1S/C26H27N3O3/c1-16-12-13-28-23(14-16)27-24(20-10-11-21(31-5)22(15-20)32-6)26(28)29(19(4)30)25-17(2)8-7-9-18(25)3/h7-15H,1-6H3. The average Bonchev–Trinajstić information content (AvgIpc) is 3.13. The Bertz CT molecular complexity index is 1300. The molecule has 0 N–H and O–H groups in total. The molecular formula is C26H27N3O3. The third-order valence-corrected chi connectivity index (χ3v) is 5.60. The summed E-state index contributed by atoms with van der Waals surface area (Å²) in [5, 5.41) is 0. The third kappa shape index (κ3) is 3.58. The fourth-order valence-electron chi connectivity index (χ4n) is 4.10. The maximum Gasteiger partial charge on any atom is 0.229 e. The predicted molar refractivity (Wildman–Crippen MR) is 127 cm³/mol. The lowest BCUT2D eigenvalue weighted by molar-refractivity contribution is -0.115. The van der Waals surface area contributed by atoms with Gasteiger partial charge in [-0.05, 0) is 67.8 Å². The van der Waals surface area contributed by atoms with Crippen molar-refractivity contribution in [1.29, 1.82) is 0 Å². The van der Waals surface area contributed by atoms with Gasteiger partial charge in [0.15, 0.2) is 17.3 Å². The second-order valence-electron chi connectivity index (χ2n) is 7.88. The SMILES string of the molecule is COc1ccc(-c2nc3cc(C)ccn3c2N(C(C)=O)c2c(C)cccc2C)cc1OC. The number of carbonyl (C=O) groups excluding carboxylic acids is 1. The fraction of sp³-hybridized carbons (Fsp3) is 0.231. The number of benzene rings is 2. The van der Waals surface area contributed by atoms with E-state index in [9.17, 15) is 4.79 Å². The normalized spacial score (nSPS) is 10.9. The smallest absolute Gasteiger partial charge is 0.229 e. The average molecular weight is 430 g/mol. The molecule has 32 heavy (non-hydrogen) atoms. The molecule has 0 fully saturated rings. The van der Waals surface area contributed by atoms with Crippen LogP contribution in [0.4, 0.5) is 11.5 Å². The molecule has 0 saturated carbocycles. The quantitative estimate of drug-likeness (QED) is 0.413. The zero-order valence-electron chi connectivity index (χ0n) is 19.3. The number of fused-ring (bicyclic) bond motifs is 1. The largest absolute Gasteiger partial charge is 0.493 e. The number of imidazole rings is 1. The molecule has 0 atom stereocenters. The lowest BCUT2D eigenvalue weighted by atomic mass is 10.1. The van der Waals surface area contributed by atoms with E-state index in [1.807, 2.05) is 79.9 Å². The molecule has 6 heteroatoms. The monoisotopic (exact) mass is 429 g/mol. The van der Waals surface area contributed by atoms with Crippen molar-refractivity contribution in [3.8, 4) is 22.8 Å². The van der Waals surface area contributed by atoms with E-state index in [1.54, 1.807) is 26.0 Å². The number of methoxy groups -OCH3 is 2. The van der Waals surface area contributed by atoms with E-state index >= 15 is 0 Å². The molecule has 0 bridgehead atoms. The zero-order chi connectivity index (χ0) is 23.0. The molecule has 6 nitrogen and oxygen atoms in total. The predicted octanol–water partition coefficient (Wildman–Crippen LogP) is 5.63. The number of pyridine rings is 1. The van der Waals surface area contributed by atoms with Gasteiger partial charge in [-0.3, -0.25) is 14.1 Å². The Morgan fingerprint density at radius 1 is 0.938 bits per heavy atom. The van der Waals surface area contributed by atoms with Gasteiger partial charge in [0.1, 0.15) is 11.3 Å². The first-order valence-electron chi connectivity index (χ1n) is 10.4. The second kappa shape index (κ2) is 8.38. The summed E-state index contributed by atoms with van der Waals surface area (Å²) in [7, 11) is 3.21. The van der Waals surface area contributed by atoms with Gasteiger partial charge in [-0.15, -0.1) is 0 Å². The van der Waals surface area contributed by atoms with E-state index in [4.69, 9.17) is 14.5 Å². The van der Waals surface area contributed by atoms with Crippen LogP contribution in [0.2, 0.25) is 0 Å². The number of nitrogens with zero attached hydrogens (tertiary/aromatic N) is 3. The summed E-state index contributed by atoms with van der Waals surface area (Å²) in [6, 6.07) is 15.7. The molecule has 2 aromatic carbocycles. The summed E-state index contributed by atoms with van der Waals surface area (Å²) in [5.41, 5.74) is 6.27. The summed E-state index contributed by atoms with van der Waals surface area (Å²) in [4.78, 5) is 19.8. The van der Waals surface area contributed by atoms with Crippen molar-refractivity contribution < 1.29 is 14.3 Å². The van der Waals surface area contributed by atoms with Crippen LogP contribution < -0.4 is 14.4 Å². The van der Waals surface area contributed by atoms with Crippen molar-refractivity contribution in [1.82, 2.24) is 9.38 Å². The summed E-state index contributed by atoms with van der Waals surface area (Å²) in [5.74, 6) is 1.84. The Morgan fingerprint density at radius 3 is 2.25 bits per heavy atom. The maximum absolute atomic E-state index is 13.1. The Labute approximate surface area is 188 Å². The number of aromatic nitrogens is 2. The first kappa shape index (κ1) is 21.4. The highest BCUT2D eigenvalue weighted by Gasteiger charge is 2.27. The zero-order valence-corrected chi connectivity index (χ0v) is 19.3. The van der Waals surface area contributed by atoms with Crippen LogP contribution in [0.1, 0.15) is 23.6 Å². The number of amides is 1. The first-order valence-corrected chi connectivity index (χ1v) is 10.4. The van der Waals surface area contributed by atoms with E-state index in [0.717, 1.165) is 33.6 Å². The molecule has 1 amide bonds. The molecule has 0 aliphatic carbocycles. The molecule has 0 saturated heterocycles. The van der Waals surface area contributed by atoms with Crippen LogP contribution in [0, 0.1) is 20.8 Å². The molecule has 0 aliphatic rings. The van der Waals surface area contributed by atoms with Gasteiger partial charge in [0, 0.05) is 18.7 Å². The number of anilines is 2. The number of carbonyl (C=O) groups is 1. The summed E-state index contributed by atoms with van der Waals surface area (Å²) in [6.45, 7) is 7.64. The van der Waals surface area contributed by atoms with Crippen molar-refractivity contribution in [2.45, 2.75) is 27.7 Å². The van der Waals surface area contributed by atoms with Crippen LogP contribution >= 0.6 is 0 Å². The second-order valence-corrected chi connectivity index (χ2v) is 7.88. The van der Waals surface area contributed by atoms with Crippen LogP contribution in [-0.4, -0.2) is 29.5 Å². The molecule has 0 radical (unpaired) electrons. The van der Waals surface area contributed by atoms with Gasteiger partial charge in [0.2, 0.25) is 5.91 Å². The lowest BCUT2D eigenvalue weighted by Crippen LogP contribution is -2.26. The molecule has 4 aromatic rings. The minimum Gasteiger partial charge on any atom is -0.493 e. The third-order valence-electron chi connectivity index (χ3n) is 5.60. The molecule has 2 heterocycles. The Kier molecular flexibility index (Phi) is 5.61. The van der Waals surface area contributed by atoms with Crippen LogP contribution in [-0.2, 0) is 4.79 Å². The van der Waals surface area contributed by atoms with Gasteiger partial charge in [0.05, 0.1) is 19.9 Å². The van der Waals surface area contributed by atoms with Crippen molar-refractivity contribution in [2.24, 2.45) is 0 Å². The number of aryl methyl sites for hydroxylation is 3. The molecular weight excluding hydrogens is 402 g/mol. The van der Waals surface area contributed by atoms with Crippen LogP contribution in [0.25, 0.3) is 16.9 Å². The van der Waals surface area contributed by atoms with Crippen molar-refractivity contribution >= 4 is 23.1 Å². The highest BCUT2D eigenvalue weighted by Crippen LogP contribution is 2.41. The number of hydrogen-bond acceptors (Lipinski definition) is 4. The first-order chi connectivity index (χ1) is 15.3. The highest BCUT2D eigenvalue weighted by atomic mass is 16.5. The van der Waals surface area contributed by atoms with E-state index in [1.165, 1.54) is 0 Å². The Balaban J connectivity index is 2.07. The number of ether oxygens (including phenoxy) is 2. The maximum atomic E-state index is 13.1. The van der Waals surface area contributed by atoms with Gasteiger partial charge in [-0.25, -0.2) is 4.98 Å². The Hall–Kier alpha value is -3.80. The molecule has 0 spiro atoms. The molecule has 0 aliphatic heterocycles. The van der Waals surface area contributed by atoms with Gasteiger partial charge in [-0.2, -0.15) is 0 Å². The van der Waals surface area contributed by atoms with Crippen molar-refractivity contribution in [3.63, 3.8) is 0 Å². The number of hydrogen-bond donors (Lipinski definition) is 0. The molecule has 2 aromatic heterocycles. The highest BCUT2D eigenvalue weighted by molar-refractivity contribution is 6.03. The van der Waals surface area contributed by atoms with E-state index < -0.39 is 0 Å². The van der Waals surface area contributed by atoms with Gasteiger partial charge < -0.3 is 9.47 Å². The number of rotatable bonds is 5.